The summed E-state index contributed by atoms with van der Waals surface area (Å²) in [6.07, 6.45) is 1.08. The zero-order chi connectivity index (χ0) is 10.5. The van der Waals surface area contributed by atoms with E-state index in [0.717, 1.165) is 19.5 Å². The van der Waals surface area contributed by atoms with Crippen LogP contribution in [0, 0.1) is 6.92 Å². The van der Waals surface area contributed by atoms with Gasteiger partial charge in [0, 0.05) is 18.0 Å². The summed E-state index contributed by atoms with van der Waals surface area (Å²) in [4.78, 5) is 5.63. The lowest BCUT2D eigenvalue weighted by Gasteiger charge is -2.02. The van der Waals surface area contributed by atoms with Crippen LogP contribution in [0.1, 0.15) is 16.1 Å². The molecule has 0 aliphatic rings. The van der Waals surface area contributed by atoms with Crippen molar-refractivity contribution in [3.63, 3.8) is 0 Å². The number of nitrogens with one attached hydrogen (secondary N) is 1. The third kappa shape index (κ3) is 3.12. The number of nitrogens with zero attached hydrogens (tertiary/aromatic N) is 1. The van der Waals surface area contributed by atoms with E-state index in [4.69, 9.17) is 0 Å². The van der Waals surface area contributed by atoms with Crippen molar-refractivity contribution < 1.29 is 0 Å². The van der Waals surface area contributed by atoms with Crippen LogP contribution in [-0.4, -0.2) is 11.5 Å². The maximum absolute atomic E-state index is 4.24. The van der Waals surface area contributed by atoms with Crippen molar-refractivity contribution in [1.29, 1.82) is 0 Å². The van der Waals surface area contributed by atoms with Crippen LogP contribution in [0.3, 0.4) is 0 Å². The maximum atomic E-state index is 4.24. The van der Waals surface area contributed by atoms with E-state index in [2.05, 4.69) is 34.1 Å². The molecule has 0 saturated carbocycles. The van der Waals surface area contributed by atoms with Crippen LogP contribution in [0.2, 0.25) is 0 Å². The molecule has 0 spiro atoms. The second-order valence-electron chi connectivity index (χ2n) is 3.42. The second-order valence-corrected chi connectivity index (χ2v) is 5.14. The lowest BCUT2D eigenvalue weighted by atomic mass is 10.3. The first-order valence-electron chi connectivity index (χ1n) is 4.97. The number of thiophene rings is 1. The lowest BCUT2D eigenvalue weighted by Crippen LogP contribution is -2.16. The summed E-state index contributed by atoms with van der Waals surface area (Å²) in [5.74, 6) is 0. The zero-order valence-electron chi connectivity index (χ0n) is 8.69. The molecule has 0 radical (unpaired) electrons. The first kappa shape index (κ1) is 10.8. The van der Waals surface area contributed by atoms with Gasteiger partial charge in [0.25, 0.3) is 0 Å². The highest BCUT2D eigenvalue weighted by Gasteiger charge is 2.00. The fourth-order valence-electron chi connectivity index (χ4n) is 1.39. The predicted octanol–water partition coefficient (Wildman–Crippen LogP) is 2.85. The van der Waals surface area contributed by atoms with Gasteiger partial charge in [0.05, 0.1) is 11.2 Å². The van der Waals surface area contributed by atoms with Gasteiger partial charge in [-0.05, 0) is 35.7 Å². The summed E-state index contributed by atoms with van der Waals surface area (Å²) in [5.41, 5.74) is 4.47. The topological polar surface area (TPSA) is 24.9 Å². The summed E-state index contributed by atoms with van der Waals surface area (Å²) in [6, 6.07) is 2.16. The third-order valence-electron chi connectivity index (χ3n) is 2.28. The molecule has 0 aliphatic carbocycles. The molecule has 2 aromatic heterocycles. The van der Waals surface area contributed by atoms with Gasteiger partial charge in [-0.2, -0.15) is 11.3 Å². The first-order chi connectivity index (χ1) is 7.36. The molecule has 0 bridgehead atoms. The Labute approximate surface area is 98.0 Å². The number of thiazole rings is 1. The van der Waals surface area contributed by atoms with Crippen molar-refractivity contribution in [2.75, 3.05) is 6.54 Å². The van der Waals surface area contributed by atoms with Gasteiger partial charge in [0.1, 0.15) is 0 Å². The predicted molar refractivity (Wildman–Crippen MR) is 66.6 cm³/mol. The molecule has 4 heteroatoms. The minimum absolute atomic E-state index is 0.974. The molecule has 15 heavy (non-hydrogen) atoms. The van der Waals surface area contributed by atoms with Gasteiger partial charge in [0.15, 0.2) is 0 Å². The van der Waals surface area contributed by atoms with Gasteiger partial charge in [-0.3, -0.25) is 0 Å². The highest BCUT2D eigenvalue weighted by atomic mass is 32.1. The van der Waals surface area contributed by atoms with E-state index in [1.54, 1.807) is 22.7 Å². The standard InChI is InChI=1S/C11H14N2S2/c1-9-11(15-8-13-9)2-4-12-6-10-3-5-14-7-10/h3,5,7-8,12H,2,4,6H2,1H3. The minimum Gasteiger partial charge on any atom is -0.312 e. The summed E-state index contributed by atoms with van der Waals surface area (Å²) in [5, 5.41) is 7.74. The SMILES string of the molecule is Cc1ncsc1CCNCc1ccsc1. The molecule has 0 unspecified atom stereocenters. The lowest BCUT2D eigenvalue weighted by molar-refractivity contribution is 0.690. The number of aromatic nitrogens is 1. The molecule has 2 heterocycles. The minimum atomic E-state index is 0.974. The van der Waals surface area contributed by atoms with Crippen molar-refractivity contribution in [2.45, 2.75) is 19.9 Å². The van der Waals surface area contributed by atoms with Crippen molar-refractivity contribution in [3.05, 3.63) is 38.5 Å². The number of aryl methyl sites for hydroxylation is 1. The van der Waals surface area contributed by atoms with Crippen molar-refractivity contribution >= 4 is 22.7 Å². The fraction of sp³-hybridized carbons (Fsp3) is 0.364. The van der Waals surface area contributed by atoms with Crippen LogP contribution in [0.25, 0.3) is 0 Å². The normalized spacial score (nSPS) is 10.7. The molecule has 2 rings (SSSR count). The molecule has 0 aromatic carbocycles. The van der Waals surface area contributed by atoms with Gasteiger partial charge in [0.2, 0.25) is 0 Å². The van der Waals surface area contributed by atoms with Gasteiger partial charge in [-0.25, -0.2) is 4.98 Å². The first-order valence-corrected chi connectivity index (χ1v) is 6.79. The smallest absolute Gasteiger partial charge is 0.0797 e. The summed E-state index contributed by atoms with van der Waals surface area (Å²) in [7, 11) is 0. The highest BCUT2D eigenvalue weighted by Crippen LogP contribution is 2.12. The van der Waals surface area contributed by atoms with Crippen molar-refractivity contribution in [1.82, 2.24) is 10.3 Å². The molecule has 2 nitrogen and oxygen atoms in total. The van der Waals surface area contributed by atoms with Crippen LogP contribution in [0.5, 0.6) is 0 Å². The largest absolute Gasteiger partial charge is 0.312 e. The Balaban J connectivity index is 1.70. The van der Waals surface area contributed by atoms with Crippen LogP contribution >= 0.6 is 22.7 Å². The van der Waals surface area contributed by atoms with Crippen molar-refractivity contribution in [3.8, 4) is 0 Å². The van der Waals surface area contributed by atoms with E-state index in [0.29, 0.717) is 0 Å². The second kappa shape index (κ2) is 5.39. The molecule has 1 N–H and O–H groups in total. The number of rotatable bonds is 5. The number of hydrogen-bond donors (Lipinski definition) is 1. The zero-order valence-corrected chi connectivity index (χ0v) is 10.3. The summed E-state index contributed by atoms with van der Waals surface area (Å²) >= 11 is 3.50. The van der Waals surface area contributed by atoms with Gasteiger partial charge >= 0.3 is 0 Å². The monoisotopic (exact) mass is 238 g/mol. The Bertz CT molecular complexity index is 392. The Morgan fingerprint density at radius 2 is 2.40 bits per heavy atom. The molecule has 80 valence electrons. The molecule has 0 fully saturated rings. The maximum Gasteiger partial charge on any atom is 0.0797 e. The molecule has 0 saturated heterocycles. The molecule has 0 aliphatic heterocycles. The Morgan fingerprint density at radius 1 is 1.47 bits per heavy atom. The van der Waals surface area contributed by atoms with E-state index < -0.39 is 0 Å². The van der Waals surface area contributed by atoms with Crippen molar-refractivity contribution in [2.24, 2.45) is 0 Å². The fourth-order valence-corrected chi connectivity index (χ4v) is 2.84. The van der Waals surface area contributed by atoms with Gasteiger partial charge in [-0.1, -0.05) is 0 Å². The molecular formula is C11H14N2S2. The summed E-state index contributed by atoms with van der Waals surface area (Å²) < 4.78 is 0. The summed E-state index contributed by atoms with van der Waals surface area (Å²) in [6.45, 7) is 4.07. The van der Waals surface area contributed by atoms with Crippen LogP contribution in [-0.2, 0) is 13.0 Å². The number of hydrogen-bond acceptors (Lipinski definition) is 4. The average Bonchev–Trinajstić information content (AvgIpc) is 2.85. The van der Waals surface area contributed by atoms with E-state index in [1.807, 2.05) is 5.51 Å². The van der Waals surface area contributed by atoms with E-state index >= 15 is 0 Å². The van der Waals surface area contributed by atoms with E-state index in [9.17, 15) is 0 Å². The van der Waals surface area contributed by atoms with E-state index in [-0.39, 0.29) is 0 Å². The Hall–Kier alpha value is -0.710. The molecule has 0 atom stereocenters. The molecular weight excluding hydrogens is 224 g/mol. The Morgan fingerprint density at radius 3 is 3.07 bits per heavy atom. The van der Waals surface area contributed by atoms with Crippen LogP contribution < -0.4 is 5.32 Å². The van der Waals surface area contributed by atoms with E-state index in [1.165, 1.54) is 16.1 Å². The van der Waals surface area contributed by atoms with Crippen LogP contribution in [0.15, 0.2) is 22.3 Å². The molecule has 2 aromatic rings. The third-order valence-corrected chi connectivity index (χ3v) is 4.01. The quantitative estimate of drug-likeness (QED) is 0.810. The molecule has 0 amide bonds. The van der Waals surface area contributed by atoms with Gasteiger partial charge < -0.3 is 5.32 Å². The average molecular weight is 238 g/mol. The highest BCUT2D eigenvalue weighted by molar-refractivity contribution is 7.09. The Kier molecular flexibility index (Phi) is 3.88. The van der Waals surface area contributed by atoms with Crippen LogP contribution in [0.4, 0.5) is 0 Å². The van der Waals surface area contributed by atoms with Gasteiger partial charge in [-0.15, -0.1) is 11.3 Å².